The Morgan fingerprint density at radius 3 is 1.59 bits per heavy atom. The van der Waals surface area contributed by atoms with E-state index in [4.69, 9.17) is 38.2 Å². The zero-order valence-corrected chi connectivity index (χ0v) is 50.1. The molecule has 0 radical (unpaired) electrons. The second kappa shape index (κ2) is 24.7. The van der Waals surface area contributed by atoms with E-state index in [1.807, 2.05) is 18.6 Å². The summed E-state index contributed by atoms with van der Waals surface area (Å²) in [5.74, 6) is 5.94. The molecule has 9 aromatic rings. The number of aryl methyl sites for hydroxylation is 2. The summed E-state index contributed by atoms with van der Waals surface area (Å²) in [7, 11) is -1.55. The van der Waals surface area contributed by atoms with Crippen LogP contribution in [0.5, 0.6) is 0 Å². The molecular weight excluding hydrogens is 1080 g/mol. The number of pyridine rings is 2. The first kappa shape index (κ1) is 55.3. The van der Waals surface area contributed by atoms with Crippen LogP contribution in [-0.2, 0) is 50.6 Å². The molecule has 0 aliphatic carbocycles. The van der Waals surface area contributed by atoms with Crippen molar-refractivity contribution in [2.45, 2.75) is 72.3 Å². The number of nitrogens with zero attached hydrogens (tertiary/aromatic N) is 10. The summed E-state index contributed by atoms with van der Waals surface area (Å²) in [5, 5.41) is 6.40. The Balaban J connectivity index is 0.000000144. The van der Waals surface area contributed by atoms with Crippen molar-refractivity contribution < 1.29 is 26.7 Å². The maximum absolute atomic E-state index is 11.8. The minimum atomic E-state index is -0.694. The van der Waals surface area contributed by atoms with E-state index in [0.717, 1.165) is 179 Å². The number of furan rings is 2. The van der Waals surface area contributed by atoms with Crippen molar-refractivity contribution in [3.63, 3.8) is 0 Å². The van der Waals surface area contributed by atoms with Gasteiger partial charge in [0.2, 0.25) is 11.4 Å². The van der Waals surface area contributed by atoms with Gasteiger partial charge in [0.1, 0.15) is 11.0 Å². The van der Waals surface area contributed by atoms with E-state index in [9.17, 15) is 8.42 Å². The molecule has 0 spiro atoms. The fourth-order valence-corrected chi connectivity index (χ4v) is 15.9. The molecule has 0 saturated carbocycles. The number of anilines is 3. The molecule has 0 atom stereocenters. The van der Waals surface area contributed by atoms with Gasteiger partial charge in [-0.1, -0.05) is 51.0 Å². The summed E-state index contributed by atoms with van der Waals surface area (Å²) in [6.45, 7) is 22.6. The van der Waals surface area contributed by atoms with Crippen molar-refractivity contribution in [2.24, 2.45) is 0 Å². The molecule has 4 saturated heterocycles. The topological polar surface area (TPSA) is 197 Å². The summed E-state index contributed by atoms with van der Waals surface area (Å²) >= 11 is 0. The smallest absolute Gasteiger partial charge is 0.229 e. The van der Waals surface area contributed by atoms with Crippen molar-refractivity contribution in [2.75, 3.05) is 123 Å². The van der Waals surface area contributed by atoms with Crippen molar-refractivity contribution in [1.82, 2.24) is 44.7 Å². The van der Waals surface area contributed by atoms with Crippen molar-refractivity contribution in [3.05, 3.63) is 88.9 Å². The van der Waals surface area contributed by atoms with Crippen LogP contribution in [0.2, 0.25) is 18.1 Å². The van der Waals surface area contributed by atoms with Crippen LogP contribution in [0, 0.1) is 13.8 Å². The van der Waals surface area contributed by atoms with E-state index in [1.54, 1.807) is 0 Å². The first-order valence-electron chi connectivity index (χ1n) is 29.0. The largest absolute Gasteiger partial charge is 0.432 e. The van der Waals surface area contributed by atoms with Gasteiger partial charge in [-0.15, -0.1) is 0 Å². The maximum Gasteiger partial charge on any atom is 0.229 e. The number of hydrogen-bond acceptors (Lipinski definition) is 17. The number of fused-ring (bicyclic) bond motifs is 8. The molecule has 0 amide bonds. The number of hydrogen-bond donors (Lipinski definition) is 2. The Labute approximate surface area is 479 Å². The predicted molar refractivity (Wildman–Crippen MR) is 330 cm³/mol. The SMILES string of the molecule is CC[SiH](CC)CC.Cc1ccc2[nH]ccc2c1-c1nc(N2CCOCC2)c2oc3ncc(CN4CCS(=O)CC4)cc3c2n1.Cc1ccc2c(c1-c1nc(N3CCOCC3)c3oc4ncc(CN5CCS(=O)CC5)cc4c3n1)CCN2. The van der Waals surface area contributed by atoms with Gasteiger partial charge in [0.05, 0.1) is 37.2 Å². The van der Waals surface area contributed by atoms with Gasteiger partial charge in [0.15, 0.2) is 34.5 Å². The van der Waals surface area contributed by atoms with Crippen molar-refractivity contribution >= 4 is 103 Å². The average Bonchev–Trinajstić information content (AvgIpc) is 4.36. The highest BCUT2D eigenvalue weighted by molar-refractivity contribution is 7.85. The number of benzene rings is 2. The van der Waals surface area contributed by atoms with Crippen LogP contribution in [-0.4, -0.2) is 170 Å². The van der Waals surface area contributed by atoms with E-state index in [2.05, 4.69) is 117 Å². The Hall–Kier alpha value is -6.20. The molecular formula is C60H74N12O6S2Si. The molecule has 2 aromatic carbocycles. The van der Waals surface area contributed by atoms with E-state index in [0.29, 0.717) is 54.8 Å². The second-order valence-electron chi connectivity index (χ2n) is 21.9. The molecule has 0 unspecified atom stereocenters. The standard InChI is InChI=1S/C27H30N6O3S.C27H28N6O3S.C6H16Si/c2*1-17-2-3-21-19(4-5-28-21)22(17)25-30-23-20-14-18(16-32-8-12-37(34)13-9-32)15-29-27(20)36-24(23)26(31-25)33-6-10-35-11-7-33;1-4-7(5-2)6-3/h2-3,14-15,28H,4-13,16H2,1H3;2-5,14-15,28H,6-13,16H2,1H3;7H,4-6H2,1-3H3. The number of ether oxygens (including phenoxy) is 2. The third kappa shape index (κ3) is 11.8. The van der Waals surface area contributed by atoms with Gasteiger partial charge < -0.3 is 38.4 Å². The minimum absolute atomic E-state index is 0.171. The number of H-pyrrole nitrogens is 1. The number of nitrogens with one attached hydrogen (secondary N) is 2. The quantitative estimate of drug-likeness (QED) is 0.116. The molecule has 21 heteroatoms. The van der Waals surface area contributed by atoms with Crippen LogP contribution >= 0.6 is 0 Å². The molecule has 5 aliphatic rings. The Bertz CT molecular complexity index is 3750. The fourth-order valence-electron chi connectivity index (χ4n) is 11.9. The average molecular weight is 1150 g/mol. The van der Waals surface area contributed by atoms with Crippen LogP contribution in [0.25, 0.3) is 78.1 Å². The lowest BCUT2D eigenvalue weighted by molar-refractivity contribution is 0.122. The highest BCUT2D eigenvalue weighted by Crippen LogP contribution is 2.41. The summed E-state index contributed by atoms with van der Waals surface area (Å²) in [6.07, 6.45) is 6.68. The Morgan fingerprint density at radius 1 is 0.593 bits per heavy atom. The van der Waals surface area contributed by atoms with Crippen LogP contribution in [0.1, 0.15) is 48.6 Å². The van der Waals surface area contributed by atoms with Gasteiger partial charge in [-0.3, -0.25) is 18.2 Å². The van der Waals surface area contributed by atoms with E-state index in [1.165, 1.54) is 34.9 Å². The highest BCUT2D eigenvalue weighted by Gasteiger charge is 2.29. The lowest BCUT2D eigenvalue weighted by atomic mass is 9.99. The maximum atomic E-state index is 11.8. The number of rotatable bonds is 11. The summed E-state index contributed by atoms with van der Waals surface area (Å²) in [5.41, 5.74) is 14.2. The van der Waals surface area contributed by atoms with Crippen molar-refractivity contribution in [3.8, 4) is 22.8 Å². The number of morpholine rings is 2. The van der Waals surface area contributed by atoms with Crippen molar-refractivity contribution in [1.29, 1.82) is 0 Å². The third-order valence-electron chi connectivity index (χ3n) is 16.7. The van der Waals surface area contributed by atoms with E-state index in [-0.39, 0.29) is 8.80 Å². The molecule has 4 fully saturated rings. The third-order valence-corrected chi connectivity index (χ3v) is 22.7. The van der Waals surface area contributed by atoms with Gasteiger partial charge >= 0.3 is 0 Å². The lowest BCUT2D eigenvalue weighted by Crippen LogP contribution is -2.37. The van der Waals surface area contributed by atoms with Crippen LogP contribution in [0.15, 0.2) is 69.9 Å². The first-order chi connectivity index (χ1) is 39.6. The van der Waals surface area contributed by atoms with E-state index < -0.39 is 21.6 Å². The Kier molecular flexibility index (Phi) is 16.9. The van der Waals surface area contributed by atoms with Gasteiger partial charge in [-0.05, 0) is 78.4 Å². The molecule has 7 aromatic heterocycles. The van der Waals surface area contributed by atoms with E-state index >= 15 is 0 Å². The highest BCUT2D eigenvalue weighted by atomic mass is 32.2. The van der Waals surface area contributed by atoms with Gasteiger partial charge in [0.25, 0.3) is 0 Å². The Morgan fingerprint density at radius 2 is 1.09 bits per heavy atom. The minimum Gasteiger partial charge on any atom is -0.432 e. The van der Waals surface area contributed by atoms with Gasteiger partial charge in [0, 0.05) is 172 Å². The summed E-state index contributed by atoms with van der Waals surface area (Å²) < 4.78 is 47.4. The zero-order valence-electron chi connectivity index (χ0n) is 47.4. The molecule has 18 nitrogen and oxygen atoms in total. The second-order valence-corrected chi connectivity index (χ2v) is 29.5. The van der Waals surface area contributed by atoms with Gasteiger partial charge in [-0.2, -0.15) is 0 Å². The number of aromatic amines is 1. The predicted octanol–water partition coefficient (Wildman–Crippen LogP) is 9.02. The summed E-state index contributed by atoms with van der Waals surface area (Å²) in [6, 6.07) is 19.4. The molecule has 0 bridgehead atoms. The first-order valence-corrected chi connectivity index (χ1v) is 34.5. The monoisotopic (exact) mass is 1150 g/mol. The van der Waals surface area contributed by atoms with Crippen LogP contribution in [0.4, 0.5) is 17.3 Å². The van der Waals surface area contributed by atoms with Crippen LogP contribution in [0.3, 0.4) is 0 Å². The fraction of sp³-hybridized carbons (Fsp3) is 0.467. The molecule has 5 aliphatic heterocycles. The summed E-state index contributed by atoms with van der Waals surface area (Å²) in [4.78, 5) is 42.3. The molecule has 2 N–H and O–H groups in total. The molecule has 426 valence electrons. The number of aromatic nitrogens is 7. The van der Waals surface area contributed by atoms with Gasteiger partial charge in [-0.25, -0.2) is 29.9 Å². The lowest BCUT2D eigenvalue weighted by Gasteiger charge is -2.28. The van der Waals surface area contributed by atoms with Crippen LogP contribution < -0.4 is 15.1 Å². The zero-order chi connectivity index (χ0) is 55.6. The molecule has 81 heavy (non-hydrogen) atoms. The molecule has 14 rings (SSSR count). The molecule has 12 heterocycles. The normalized spacial score (nSPS) is 17.8.